The number of rotatable bonds is 5. The highest BCUT2D eigenvalue weighted by molar-refractivity contribution is 6.04. The van der Waals surface area contributed by atoms with E-state index in [2.05, 4.69) is 20.6 Å². The molecule has 0 fully saturated rings. The van der Waals surface area contributed by atoms with E-state index in [1.165, 1.54) is 23.7 Å². The van der Waals surface area contributed by atoms with Gasteiger partial charge in [-0.2, -0.15) is 0 Å². The molecule has 166 valence electrons. The number of amides is 2. The second kappa shape index (κ2) is 8.91. The predicted octanol–water partition coefficient (Wildman–Crippen LogP) is 2.37. The third-order valence-electron chi connectivity index (χ3n) is 5.22. The van der Waals surface area contributed by atoms with Gasteiger partial charge in [0.2, 0.25) is 0 Å². The summed E-state index contributed by atoms with van der Waals surface area (Å²) in [5.74, 6) is -0.693. The monoisotopic (exact) mass is 443 g/mol. The standard InChI is InChI=1S/C24H21N5O4/c1-14(16-9-6-10-17(13-16)26-21(30)15-7-4-3-5-8-15)25-23(32)19-12-11-18-20(27-19)29(2)24(33)28-22(18)31/h3-14H,1-2H3,(H,25,32)(H,26,30)(H,28,31,33). The van der Waals surface area contributed by atoms with Crippen LogP contribution in [0.1, 0.15) is 39.4 Å². The number of carbonyl (C=O) groups excluding carboxylic acids is 2. The number of H-pyrrole nitrogens is 1. The Bertz CT molecular complexity index is 1470. The van der Waals surface area contributed by atoms with Gasteiger partial charge in [-0.05, 0) is 48.9 Å². The van der Waals surface area contributed by atoms with Crippen LogP contribution in [0.2, 0.25) is 0 Å². The maximum atomic E-state index is 12.8. The van der Waals surface area contributed by atoms with Crippen molar-refractivity contribution in [3.63, 3.8) is 0 Å². The molecular formula is C24H21N5O4. The molecule has 2 heterocycles. The second-order valence-corrected chi connectivity index (χ2v) is 7.53. The third-order valence-corrected chi connectivity index (χ3v) is 5.22. The van der Waals surface area contributed by atoms with E-state index in [0.29, 0.717) is 11.3 Å². The van der Waals surface area contributed by atoms with Crippen molar-refractivity contribution >= 4 is 28.5 Å². The van der Waals surface area contributed by atoms with Crippen LogP contribution in [-0.4, -0.2) is 26.3 Å². The van der Waals surface area contributed by atoms with E-state index in [9.17, 15) is 19.2 Å². The Balaban J connectivity index is 1.52. The van der Waals surface area contributed by atoms with Gasteiger partial charge >= 0.3 is 5.69 Å². The van der Waals surface area contributed by atoms with Crippen molar-refractivity contribution in [1.29, 1.82) is 0 Å². The van der Waals surface area contributed by atoms with Crippen molar-refractivity contribution in [2.75, 3.05) is 5.32 Å². The molecule has 1 atom stereocenters. The van der Waals surface area contributed by atoms with Crippen LogP contribution in [0.25, 0.3) is 11.0 Å². The van der Waals surface area contributed by atoms with Crippen LogP contribution in [0.3, 0.4) is 0 Å². The smallest absolute Gasteiger partial charge is 0.329 e. The van der Waals surface area contributed by atoms with Gasteiger partial charge < -0.3 is 10.6 Å². The van der Waals surface area contributed by atoms with Gasteiger partial charge in [0, 0.05) is 18.3 Å². The first kappa shape index (κ1) is 21.7. The molecule has 0 spiro atoms. The van der Waals surface area contributed by atoms with Crippen LogP contribution in [0, 0.1) is 0 Å². The van der Waals surface area contributed by atoms with E-state index < -0.39 is 23.2 Å². The van der Waals surface area contributed by atoms with Gasteiger partial charge in [-0.3, -0.25) is 23.9 Å². The highest BCUT2D eigenvalue weighted by Gasteiger charge is 2.16. The summed E-state index contributed by atoms with van der Waals surface area (Å²) in [6.07, 6.45) is 0. The summed E-state index contributed by atoms with van der Waals surface area (Å²) >= 11 is 0. The zero-order valence-corrected chi connectivity index (χ0v) is 18.0. The first-order valence-electron chi connectivity index (χ1n) is 10.2. The van der Waals surface area contributed by atoms with Crippen LogP contribution < -0.4 is 21.9 Å². The van der Waals surface area contributed by atoms with Gasteiger partial charge in [0.1, 0.15) is 11.3 Å². The molecule has 2 aromatic heterocycles. The van der Waals surface area contributed by atoms with Gasteiger partial charge in [-0.15, -0.1) is 0 Å². The summed E-state index contributed by atoms with van der Waals surface area (Å²) in [5.41, 5.74) is 0.938. The zero-order chi connectivity index (χ0) is 23.5. The number of hydrogen-bond acceptors (Lipinski definition) is 5. The number of pyridine rings is 1. The number of benzene rings is 2. The Morgan fingerprint density at radius 3 is 2.48 bits per heavy atom. The minimum atomic E-state index is -0.611. The van der Waals surface area contributed by atoms with E-state index in [1.807, 2.05) is 12.1 Å². The molecule has 0 bridgehead atoms. The molecular weight excluding hydrogens is 422 g/mol. The molecule has 0 aliphatic rings. The Morgan fingerprint density at radius 2 is 1.73 bits per heavy atom. The first-order valence-corrected chi connectivity index (χ1v) is 10.2. The molecule has 0 saturated heterocycles. The second-order valence-electron chi connectivity index (χ2n) is 7.53. The number of aromatic nitrogens is 3. The topological polar surface area (TPSA) is 126 Å². The van der Waals surface area contributed by atoms with Crippen molar-refractivity contribution in [3.8, 4) is 0 Å². The van der Waals surface area contributed by atoms with E-state index >= 15 is 0 Å². The average molecular weight is 443 g/mol. The molecule has 33 heavy (non-hydrogen) atoms. The molecule has 4 aromatic rings. The van der Waals surface area contributed by atoms with Gasteiger partial charge in [-0.1, -0.05) is 30.3 Å². The van der Waals surface area contributed by atoms with Crippen LogP contribution in [0.5, 0.6) is 0 Å². The van der Waals surface area contributed by atoms with Crippen LogP contribution in [0.15, 0.2) is 76.3 Å². The van der Waals surface area contributed by atoms with E-state index in [4.69, 9.17) is 0 Å². The zero-order valence-electron chi connectivity index (χ0n) is 18.0. The molecule has 0 aliphatic carbocycles. The molecule has 9 nitrogen and oxygen atoms in total. The fraction of sp³-hybridized carbons (Fsp3) is 0.125. The van der Waals surface area contributed by atoms with Crippen LogP contribution in [-0.2, 0) is 7.05 Å². The molecule has 2 aromatic carbocycles. The van der Waals surface area contributed by atoms with Crippen molar-refractivity contribution in [3.05, 3.63) is 104 Å². The molecule has 3 N–H and O–H groups in total. The SMILES string of the molecule is CC(NC(=O)c1ccc2c(=O)[nH]c(=O)n(C)c2n1)c1cccc(NC(=O)c2ccccc2)c1. The number of hydrogen-bond donors (Lipinski definition) is 3. The first-order chi connectivity index (χ1) is 15.8. The number of nitrogens with zero attached hydrogens (tertiary/aromatic N) is 2. The van der Waals surface area contributed by atoms with Gasteiger partial charge in [0.15, 0.2) is 0 Å². The quantitative estimate of drug-likeness (QED) is 0.437. The fourth-order valence-corrected chi connectivity index (χ4v) is 3.38. The molecule has 2 amide bonds. The lowest BCUT2D eigenvalue weighted by Gasteiger charge is -2.16. The Labute approximate surface area is 188 Å². The fourth-order valence-electron chi connectivity index (χ4n) is 3.38. The normalized spacial score (nSPS) is 11.7. The Morgan fingerprint density at radius 1 is 0.970 bits per heavy atom. The van der Waals surface area contributed by atoms with Gasteiger partial charge in [0.25, 0.3) is 17.4 Å². The number of carbonyl (C=O) groups is 2. The molecule has 4 rings (SSSR count). The lowest BCUT2D eigenvalue weighted by atomic mass is 10.1. The summed E-state index contributed by atoms with van der Waals surface area (Å²) in [7, 11) is 1.47. The summed E-state index contributed by atoms with van der Waals surface area (Å²) < 4.78 is 1.18. The molecule has 1 unspecified atom stereocenters. The Kier molecular flexibility index (Phi) is 5.86. The summed E-state index contributed by atoms with van der Waals surface area (Å²) in [5, 5.41) is 5.91. The lowest BCUT2D eigenvalue weighted by molar-refractivity contribution is 0.0934. The van der Waals surface area contributed by atoms with Crippen LogP contribution >= 0.6 is 0 Å². The lowest BCUT2D eigenvalue weighted by Crippen LogP contribution is -2.31. The van der Waals surface area contributed by atoms with Crippen molar-refractivity contribution in [1.82, 2.24) is 19.9 Å². The summed E-state index contributed by atoms with van der Waals surface area (Å²) in [6, 6.07) is 18.5. The highest BCUT2D eigenvalue weighted by atomic mass is 16.2. The number of anilines is 1. The van der Waals surface area contributed by atoms with Crippen molar-refractivity contribution < 1.29 is 9.59 Å². The van der Waals surface area contributed by atoms with Crippen LogP contribution in [0.4, 0.5) is 5.69 Å². The minimum Gasteiger partial charge on any atom is -0.344 e. The number of aryl methyl sites for hydroxylation is 1. The molecule has 0 radical (unpaired) electrons. The molecule has 0 aliphatic heterocycles. The van der Waals surface area contributed by atoms with Gasteiger partial charge in [-0.25, -0.2) is 9.78 Å². The van der Waals surface area contributed by atoms with E-state index in [1.54, 1.807) is 49.4 Å². The maximum absolute atomic E-state index is 12.8. The van der Waals surface area contributed by atoms with Gasteiger partial charge in [0.05, 0.1) is 11.4 Å². The largest absolute Gasteiger partial charge is 0.344 e. The van der Waals surface area contributed by atoms with Crippen molar-refractivity contribution in [2.24, 2.45) is 7.05 Å². The van der Waals surface area contributed by atoms with Crippen molar-refractivity contribution in [2.45, 2.75) is 13.0 Å². The Hall–Kier alpha value is -4.53. The average Bonchev–Trinajstić information content (AvgIpc) is 2.83. The summed E-state index contributed by atoms with van der Waals surface area (Å²) in [4.78, 5) is 55.4. The third kappa shape index (κ3) is 4.57. The minimum absolute atomic E-state index is 0.0727. The van der Waals surface area contributed by atoms with E-state index in [0.717, 1.165) is 5.56 Å². The number of aromatic amines is 1. The highest BCUT2D eigenvalue weighted by Crippen LogP contribution is 2.19. The maximum Gasteiger partial charge on any atom is 0.329 e. The number of fused-ring (bicyclic) bond motifs is 1. The van der Waals surface area contributed by atoms with E-state index in [-0.39, 0.29) is 22.6 Å². The molecule has 0 saturated carbocycles. The molecule has 9 heteroatoms. The summed E-state index contributed by atoms with van der Waals surface area (Å²) in [6.45, 7) is 1.80. The predicted molar refractivity (Wildman–Crippen MR) is 124 cm³/mol. The number of nitrogens with one attached hydrogen (secondary N) is 3.